The van der Waals surface area contributed by atoms with Gasteiger partial charge in [0, 0.05) is 0 Å². The van der Waals surface area contributed by atoms with E-state index in [0.717, 1.165) is 11.6 Å². The lowest BCUT2D eigenvalue weighted by Crippen LogP contribution is -2.44. The van der Waals surface area contributed by atoms with Crippen LogP contribution in [0.5, 0.6) is 5.75 Å². The van der Waals surface area contributed by atoms with E-state index in [1.165, 1.54) is 29.2 Å². The molecule has 7 heteroatoms. The smallest absolute Gasteiger partial charge is 0.420 e. The van der Waals surface area contributed by atoms with Crippen LogP contribution in [0.15, 0.2) is 36.4 Å². The lowest BCUT2D eigenvalue weighted by atomic mass is 9.76. The molecule has 25 heavy (non-hydrogen) atoms. The number of carbonyl (C=O) groups is 1. The van der Waals surface area contributed by atoms with E-state index in [1.54, 1.807) is 6.07 Å². The molecule has 4 rings (SSSR count). The Morgan fingerprint density at radius 1 is 1.20 bits per heavy atom. The summed E-state index contributed by atoms with van der Waals surface area (Å²) in [7, 11) is 0. The van der Waals surface area contributed by atoms with E-state index in [0.29, 0.717) is 12.0 Å². The zero-order chi connectivity index (χ0) is 17.8. The van der Waals surface area contributed by atoms with Crippen LogP contribution in [-0.2, 0) is 17.4 Å². The summed E-state index contributed by atoms with van der Waals surface area (Å²) in [6.07, 6.45) is -4.11. The van der Waals surface area contributed by atoms with Crippen molar-refractivity contribution in [2.45, 2.75) is 18.5 Å². The average molecular weight is 351 g/mol. The summed E-state index contributed by atoms with van der Waals surface area (Å²) >= 11 is 0. The van der Waals surface area contributed by atoms with Crippen molar-refractivity contribution in [3.8, 4) is 5.75 Å². The summed E-state index contributed by atoms with van der Waals surface area (Å²) in [5.41, 5.74) is 0.695. The van der Waals surface area contributed by atoms with Crippen molar-refractivity contribution in [1.29, 1.82) is 0 Å². The minimum absolute atomic E-state index is 0.0193. The lowest BCUT2D eigenvalue weighted by molar-refractivity contribution is -0.139. The Bertz CT molecular complexity index is 863. The molecule has 0 bridgehead atoms. The number of amides is 1. The number of fused-ring (bicyclic) bond motifs is 2. The van der Waals surface area contributed by atoms with E-state index in [9.17, 15) is 22.4 Å². The molecule has 0 aromatic heterocycles. The van der Waals surface area contributed by atoms with Crippen LogP contribution in [-0.4, -0.2) is 19.1 Å². The van der Waals surface area contributed by atoms with Gasteiger partial charge in [-0.05, 0) is 41.8 Å². The maximum Gasteiger partial charge on any atom is 0.420 e. The molecule has 0 spiro atoms. The Morgan fingerprint density at radius 2 is 2.00 bits per heavy atom. The zero-order valence-electron chi connectivity index (χ0n) is 12.9. The molecule has 1 aliphatic heterocycles. The van der Waals surface area contributed by atoms with Gasteiger partial charge in [0.2, 0.25) is 5.91 Å². The second kappa shape index (κ2) is 5.47. The maximum atomic E-state index is 13.4. The van der Waals surface area contributed by atoms with Crippen LogP contribution >= 0.6 is 0 Å². The molecule has 3 nitrogen and oxygen atoms in total. The fourth-order valence-electron chi connectivity index (χ4n) is 3.38. The van der Waals surface area contributed by atoms with Crippen LogP contribution in [0.25, 0.3) is 0 Å². The van der Waals surface area contributed by atoms with Gasteiger partial charge in [-0.2, -0.15) is 13.2 Å². The molecule has 130 valence electrons. The monoisotopic (exact) mass is 351 g/mol. The Hall–Kier alpha value is -2.57. The van der Waals surface area contributed by atoms with E-state index in [2.05, 4.69) is 0 Å². The SMILES string of the molecule is O=C(C1Cc2ccc(F)cc21)N1CCOc2c1cccc2C(F)(F)F. The first-order valence-electron chi connectivity index (χ1n) is 7.79. The van der Waals surface area contributed by atoms with Crippen LogP contribution in [0.1, 0.15) is 22.6 Å². The number of hydrogen-bond donors (Lipinski definition) is 0. The normalized spacial score (nSPS) is 18.7. The summed E-state index contributed by atoms with van der Waals surface area (Å²) in [5.74, 6) is -1.63. The zero-order valence-corrected chi connectivity index (χ0v) is 12.9. The molecule has 1 heterocycles. The molecule has 2 aromatic rings. The second-order valence-electron chi connectivity index (χ2n) is 6.09. The molecule has 1 unspecified atom stereocenters. The number of nitrogens with zero attached hydrogens (tertiary/aromatic N) is 1. The summed E-state index contributed by atoms with van der Waals surface area (Å²) in [5, 5.41) is 0. The summed E-state index contributed by atoms with van der Waals surface area (Å²) in [6.45, 7) is 0.142. The van der Waals surface area contributed by atoms with Crippen molar-refractivity contribution < 1.29 is 27.1 Å². The predicted octanol–water partition coefficient (Wildman–Crippen LogP) is 3.91. The highest BCUT2D eigenvalue weighted by molar-refractivity contribution is 6.01. The van der Waals surface area contributed by atoms with Gasteiger partial charge in [-0.15, -0.1) is 0 Å². The number of halogens is 4. The maximum absolute atomic E-state index is 13.4. The number of ether oxygens (including phenoxy) is 1. The van der Waals surface area contributed by atoms with E-state index in [-0.39, 0.29) is 30.5 Å². The average Bonchev–Trinajstić information content (AvgIpc) is 2.55. The molecular weight excluding hydrogens is 338 g/mol. The largest absolute Gasteiger partial charge is 0.489 e. The van der Waals surface area contributed by atoms with E-state index in [1.807, 2.05) is 0 Å². The highest BCUT2D eigenvalue weighted by atomic mass is 19.4. The van der Waals surface area contributed by atoms with Crippen LogP contribution in [0.2, 0.25) is 0 Å². The minimum Gasteiger partial charge on any atom is -0.489 e. The number of alkyl halides is 3. The van der Waals surface area contributed by atoms with Crippen LogP contribution in [0.4, 0.5) is 23.2 Å². The number of rotatable bonds is 1. The Labute approximate surface area is 140 Å². The molecule has 1 aliphatic carbocycles. The molecule has 0 radical (unpaired) electrons. The van der Waals surface area contributed by atoms with Crippen molar-refractivity contribution >= 4 is 11.6 Å². The van der Waals surface area contributed by atoms with Crippen LogP contribution in [0.3, 0.4) is 0 Å². The number of hydrogen-bond acceptors (Lipinski definition) is 2. The van der Waals surface area contributed by atoms with Crippen molar-refractivity contribution in [3.63, 3.8) is 0 Å². The highest BCUT2D eigenvalue weighted by Crippen LogP contribution is 2.45. The van der Waals surface area contributed by atoms with Crippen molar-refractivity contribution in [3.05, 3.63) is 58.9 Å². The quantitative estimate of drug-likeness (QED) is 0.729. The molecule has 1 atom stereocenters. The molecular formula is C18H13F4NO2. The fourth-order valence-corrected chi connectivity index (χ4v) is 3.38. The number of para-hydroxylation sites is 1. The van der Waals surface area contributed by atoms with Crippen LogP contribution in [0, 0.1) is 5.82 Å². The first-order valence-corrected chi connectivity index (χ1v) is 7.79. The fraction of sp³-hybridized carbons (Fsp3) is 0.278. The van der Waals surface area contributed by atoms with Gasteiger partial charge in [0.15, 0.2) is 5.75 Å². The molecule has 0 fully saturated rings. The van der Waals surface area contributed by atoms with E-state index < -0.39 is 23.5 Å². The Kier molecular flexibility index (Phi) is 3.49. The predicted molar refractivity (Wildman–Crippen MR) is 82.1 cm³/mol. The van der Waals surface area contributed by atoms with Gasteiger partial charge in [-0.1, -0.05) is 12.1 Å². The molecule has 2 aliphatic rings. The summed E-state index contributed by atoms with van der Waals surface area (Å²) < 4.78 is 58.1. The van der Waals surface area contributed by atoms with Gasteiger partial charge >= 0.3 is 6.18 Å². The Balaban J connectivity index is 1.69. The molecule has 0 saturated carbocycles. The third-order valence-electron chi connectivity index (χ3n) is 4.62. The van der Waals surface area contributed by atoms with Crippen molar-refractivity contribution in [1.82, 2.24) is 0 Å². The van der Waals surface area contributed by atoms with Gasteiger partial charge in [0.05, 0.1) is 23.7 Å². The molecule has 2 aromatic carbocycles. The van der Waals surface area contributed by atoms with Gasteiger partial charge in [0.1, 0.15) is 12.4 Å². The molecule has 1 amide bonds. The third kappa shape index (κ3) is 2.54. The minimum atomic E-state index is -4.57. The van der Waals surface area contributed by atoms with Crippen molar-refractivity contribution in [2.75, 3.05) is 18.1 Å². The van der Waals surface area contributed by atoms with Gasteiger partial charge in [-0.3, -0.25) is 4.79 Å². The van der Waals surface area contributed by atoms with Crippen LogP contribution < -0.4 is 9.64 Å². The first-order chi connectivity index (χ1) is 11.9. The van der Waals surface area contributed by atoms with Crippen molar-refractivity contribution in [2.24, 2.45) is 0 Å². The van der Waals surface area contributed by atoms with Gasteiger partial charge in [0.25, 0.3) is 0 Å². The topological polar surface area (TPSA) is 29.5 Å². The lowest BCUT2D eigenvalue weighted by Gasteiger charge is -2.37. The Morgan fingerprint density at radius 3 is 2.76 bits per heavy atom. The number of benzene rings is 2. The highest BCUT2D eigenvalue weighted by Gasteiger charge is 2.41. The van der Waals surface area contributed by atoms with E-state index >= 15 is 0 Å². The molecule has 0 saturated heterocycles. The molecule has 0 N–H and O–H groups in total. The third-order valence-corrected chi connectivity index (χ3v) is 4.62. The summed E-state index contributed by atoms with van der Waals surface area (Å²) in [6, 6.07) is 7.90. The summed E-state index contributed by atoms with van der Waals surface area (Å²) in [4.78, 5) is 14.2. The van der Waals surface area contributed by atoms with Gasteiger partial charge < -0.3 is 9.64 Å². The first kappa shape index (κ1) is 15.9. The second-order valence-corrected chi connectivity index (χ2v) is 6.09. The van der Waals surface area contributed by atoms with E-state index in [4.69, 9.17) is 4.74 Å². The standard InChI is InChI=1S/C18H13F4NO2/c19-11-5-4-10-8-13(12(10)9-11)17(24)23-6-7-25-16-14(18(20,21)22)2-1-3-15(16)23/h1-5,9,13H,6-8H2. The van der Waals surface area contributed by atoms with Gasteiger partial charge in [-0.25, -0.2) is 4.39 Å². The number of carbonyl (C=O) groups excluding carboxylic acids is 1. The number of anilines is 1.